The highest BCUT2D eigenvalue weighted by Gasteiger charge is 2.35. The van der Waals surface area contributed by atoms with Gasteiger partial charge in [0.25, 0.3) is 0 Å². The smallest absolute Gasteiger partial charge is 0.225 e. The van der Waals surface area contributed by atoms with Gasteiger partial charge in [-0.05, 0) is 35.6 Å². The fraction of sp³-hybridized carbons (Fsp3) is 0.455. The van der Waals surface area contributed by atoms with E-state index in [1.165, 1.54) is 23.6 Å². The first kappa shape index (κ1) is 17.1. The van der Waals surface area contributed by atoms with Gasteiger partial charge in [-0.1, -0.05) is 55.3 Å². The van der Waals surface area contributed by atoms with Crippen molar-refractivity contribution in [1.82, 2.24) is 10.2 Å². The van der Waals surface area contributed by atoms with Gasteiger partial charge in [0.05, 0.1) is 5.92 Å². The number of nitrogens with zero attached hydrogens (tertiary/aromatic N) is 1. The zero-order valence-corrected chi connectivity index (χ0v) is 15.1. The van der Waals surface area contributed by atoms with E-state index in [1.54, 1.807) is 0 Å². The molecule has 0 bridgehead atoms. The molecular weight excluding hydrogens is 324 g/mol. The van der Waals surface area contributed by atoms with Crippen LogP contribution in [0.4, 0.5) is 0 Å². The van der Waals surface area contributed by atoms with E-state index >= 15 is 0 Å². The lowest BCUT2D eigenvalue weighted by Crippen LogP contribution is -2.49. The molecule has 0 unspecified atom stereocenters. The number of rotatable bonds is 4. The van der Waals surface area contributed by atoms with Crippen LogP contribution < -0.4 is 5.32 Å². The minimum atomic E-state index is -0.0803. The molecule has 2 fully saturated rings. The quantitative estimate of drug-likeness (QED) is 0.915. The molecule has 2 aliphatic rings. The molecule has 4 rings (SSSR count). The van der Waals surface area contributed by atoms with Crippen LogP contribution in [-0.2, 0) is 16.1 Å². The van der Waals surface area contributed by atoms with E-state index in [9.17, 15) is 9.59 Å². The number of hydrogen-bond donors (Lipinski definition) is 1. The van der Waals surface area contributed by atoms with Crippen LogP contribution in [0.5, 0.6) is 0 Å². The Hall–Kier alpha value is -2.36. The maximum Gasteiger partial charge on any atom is 0.225 e. The first-order valence-electron chi connectivity index (χ1n) is 9.76. The first-order valence-corrected chi connectivity index (χ1v) is 9.76. The fourth-order valence-corrected chi connectivity index (χ4v) is 4.43. The lowest BCUT2D eigenvalue weighted by atomic mass is 9.94. The molecule has 1 saturated carbocycles. The Morgan fingerprint density at radius 1 is 1.04 bits per heavy atom. The molecule has 0 aromatic heterocycles. The molecule has 2 amide bonds. The maximum absolute atomic E-state index is 12.7. The summed E-state index contributed by atoms with van der Waals surface area (Å²) in [6.07, 6.45) is 5.76. The number of hydrogen-bond acceptors (Lipinski definition) is 2. The van der Waals surface area contributed by atoms with Crippen molar-refractivity contribution >= 4 is 22.6 Å². The summed E-state index contributed by atoms with van der Waals surface area (Å²) in [6.45, 7) is 1.12. The molecule has 1 N–H and O–H groups in total. The van der Waals surface area contributed by atoms with Crippen molar-refractivity contribution in [3.05, 3.63) is 48.0 Å². The standard InChI is InChI=1S/C22H26N2O2/c25-21-13-12-18(15-24(21)19-9-2-3-10-19)22(26)23-14-17-8-5-7-16-6-1-4-11-20(16)17/h1,4-8,11,18-19H,2-3,9-10,12-15H2,(H,23,26)/t18-/m0/s1. The summed E-state index contributed by atoms with van der Waals surface area (Å²) >= 11 is 0. The third-order valence-electron chi connectivity index (χ3n) is 5.91. The van der Waals surface area contributed by atoms with Crippen LogP contribution in [0.2, 0.25) is 0 Å². The van der Waals surface area contributed by atoms with Gasteiger partial charge in [-0.2, -0.15) is 0 Å². The van der Waals surface area contributed by atoms with E-state index in [0.29, 0.717) is 32.0 Å². The SMILES string of the molecule is O=C(NCc1cccc2ccccc12)[C@H]1CCC(=O)N(C2CCCC2)C1. The van der Waals surface area contributed by atoms with Crippen LogP contribution in [0.25, 0.3) is 10.8 Å². The average Bonchev–Trinajstić information content (AvgIpc) is 3.21. The summed E-state index contributed by atoms with van der Waals surface area (Å²) in [7, 11) is 0. The van der Waals surface area contributed by atoms with Crippen LogP contribution in [-0.4, -0.2) is 29.3 Å². The van der Waals surface area contributed by atoms with E-state index < -0.39 is 0 Å². The predicted molar refractivity (Wildman–Crippen MR) is 102 cm³/mol. The molecule has 0 radical (unpaired) electrons. The molecule has 1 heterocycles. The maximum atomic E-state index is 12.7. The van der Waals surface area contributed by atoms with Crippen LogP contribution >= 0.6 is 0 Å². The lowest BCUT2D eigenvalue weighted by Gasteiger charge is -2.36. The number of carbonyl (C=O) groups is 2. The zero-order valence-electron chi connectivity index (χ0n) is 15.1. The predicted octanol–water partition coefficient (Wildman–Crippen LogP) is 3.64. The highest BCUT2D eigenvalue weighted by molar-refractivity contribution is 5.87. The molecule has 0 spiro atoms. The Balaban J connectivity index is 1.40. The highest BCUT2D eigenvalue weighted by Crippen LogP contribution is 2.29. The lowest BCUT2D eigenvalue weighted by molar-refractivity contribution is -0.140. The second kappa shape index (κ2) is 7.48. The molecule has 2 aromatic rings. The van der Waals surface area contributed by atoms with Crippen LogP contribution in [0.3, 0.4) is 0 Å². The largest absolute Gasteiger partial charge is 0.352 e. The van der Waals surface area contributed by atoms with Crippen molar-refractivity contribution in [2.45, 2.75) is 51.1 Å². The summed E-state index contributed by atoms with van der Waals surface area (Å²) in [6, 6.07) is 14.8. The average molecular weight is 350 g/mol. The van der Waals surface area contributed by atoms with Crippen molar-refractivity contribution < 1.29 is 9.59 Å². The Morgan fingerprint density at radius 2 is 1.81 bits per heavy atom. The van der Waals surface area contributed by atoms with Crippen molar-refractivity contribution in [2.75, 3.05) is 6.54 Å². The summed E-state index contributed by atoms with van der Waals surface area (Å²) in [5.41, 5.74) is 1.14. The van der Waals surface area contributed by atoms with E-state index in [1.807, 2.05) is 23.1 Å². The van der Waals surface area contributed by atoms with E-state index in [4.69, 9.17) is 0 Å². The van der Waals surface area contributed by atoms with Crippen molar-refractivity contribution in [3.63, 3.8) is 0 Å². The third-order valence-corrected chi connectivity index (χ3v) is 5.91. The van der Waals surface area contributed by atoms with E-state index in [0.717, 1.165) is 18.4 Å². The minimum Gasteiger partial charge on any atom is -0.352 e. The van der Waals surface area contributed by atoms with Crippen LogP contribution in [0, 0.1) is 5.92 Å². The van der Waals surface area contributed by atoms with Crippen LogP contribution in [0.1, 0.15) is 44.1 Å². The Labute approximate surface area is 154 Å². The summed E-state index contributed by atoms with van der Waals surface area (Å²) < 4.78 is 0. The van der Waals surface area contributed by atoms with E-state index in [2.05, 4.69) is 29.6 Å². The monoisotopic (exact) mass is 350 g/mol. The summed E-state index contributed by atoms with van der Waals surface area (Å²) in [5, 5.41) is 5.48. The number of piperidine rings is 1. The number of carbonyl (C=O) groups excluding carboxylic acids is 2. The molecule has 2 aromatic carbocycles. The highest BCUT2D eigenvalue weighted by atomic mass is 16.2. The molecule has 1 atom stereocenters. The summed E-state index contributed by atoms with van der Waals surface area (Å²) in [4.78, 5) is 27.0. The molecule has 1 saturated heterocycles. The van der Waals surface area contributed by atoms with Gasteiger partial charge in [0.15, 0.2) is 0 Å². The molecule has 4 nitrogen and oxygen atoms in total. The Bertz CT molecular complexity index is 805. The van der Waals surface area contributed by atoms with Gasteiger partial charge in [0.2, 0.25) is 11.8 Å². The number of fused-ring (bicyclic) bond motifs is 1. The Kier molecular flexibility index (Phi) is 4.91. The molecular formula is C22H26N2O2. The van der Waals surface area contributed by atoms with Gasteiger partial charge in [-0.25, -0.2) is 0 Å². The van der Waals surface area contributed by atoms with Gasteiger partial charge in [0.1, 0.15) is 0 Å². The van der Waals surface area contributed by atoms with Crippen molar-refractivity contribution in [3.8, 4) is 0 Å². The van der Waals surface area contributed by atoms with Gasteiger partial charge in [-0.15, -0.1) is 0 Å². The second-order valence-electron chi connectivity index (χ2n) is 7.58. The molecule has 1 aliphatic carbocycles. The van der Waals surface area contributed by atoms with Crippen molar-refractivity contribution in [2.24, 2.45) is 5.92 Å². The zero-order chi connectivity index (χ0) is 17.9. The molecule has 4 heteroatoms. The normalized spacial score (nSPS) is 21.3. The Morgan fingerprint density at radius 3 is 2.65 bits per heavy atom. The number of likely N-dealkylation sites (tertiary alicyclic amines) is 1. The molecule has 26 heavy (non-hydrogen) atoms. The minimum absolute atomic E-state index is 0.0773. The topological polar surface area (TPSA) is 49.4 Å². The van der Waals surface area contributed by atoms with E-state index in [-0.39, 0.29) is 17.7 Å². The number of benzene rings is 2. The number of amides is 2. The summed E-state index contributed by atoms with van der Waals surface area (Å²) in [5.74, 6) is 0.228. The van der Waals surface area contributed by atoms with Gasteiger partial charge in [-0.3, -0.25) is 9.59 Å². The molecule has 136 valence electrons. The first-order chi connectivity index (χ1) is 12.7. The number of nitrogens with one attached hydrogen (secondary N) is 1. The molecule has 1 aliphatic heterocycles. The van der Waals surface area contributed by atoms with Crippen molar-refractivity contribution in [1.29, 1.82) is 0 Å². The third kappa shape index (κ3) is 3.46. The fourth-order valence-electron chi connectivity index (χ4n) is 4.43. The van der Waals surface area contributed by atoms with Gasteiger partial charge in [0, 0.05) is 25.6 Å². The van der Waals surface area contributed by atoms with Gasteiger partial charge >= 0.3 is 0 Å². The van der Waals surface area contributed by atoms with Gasteiger partial charge < -0.3 is 10.2 Å². The van der Waals surface area contributed by atoms with Crippen LogP contribution in [0.15, 0.2) is 42.5 Å². The second-order valence-corrected chi connectivity index (χ2v) is 7.58.